The summed E-state index contributed by atoms with van der Waals surface area (Å²) in [5, 5.41) is 8.33. The number of aryl methyl sites for hydroxylation is 3. The fourth-order valence-electron chi connectivity index (χ4n) is 3.69. The van der Waals surface area contributed by atoms with Gasteiger partial charge in [-0.3, -0.25) is 9.48 Å². The van der Waals surface area contributed by atoms with Crippen molar-refractivity contribution in [2.45, 2.75) is 20.3 Å². The third-order valence-corrected chi connectivity index (χ3v) is 5.23. The van der Waals surface area contributed by atoms with E-state index < -0.39 is 0 Å². The average molecular weight is 400 g/mol. The van der Waals surface area contributed by atoms with Crippen LogP contribution in [0.25, 0.3) is 22.3 Å². The van der Waals surface area contributed by atoms with Gasteiger partial charge >= 0.3 is 0 Å². The van der Waals surface area contributed by atoms with Crippen molar-refractivity contribution < 1.29 is 9.53 Å². The number of fused-ring (bicyclic) bond motifs is 1. The first-order valence-corrected chi connectivity index (χ1v) is 9.89. The van der Waals surface area contributed by atoms with Crippen molar-refractivity contribution >= 4 is 22.6 Å². The Kier molecular flexibility index (Phi) is 5.23. The molecule has 0 aliphatic rings. The summed E-state index contributed by atoms with van der Waals surface area (Å²) in [6.07, 6.45) is 0.836. The molecule has 4 aromatic rings. The molecule has 0 spiro atoms. The van der Waals surface area contributed by atoms with Gasteiger partial charge in [-0.1, -0.05) is 37.3 Å². The first kappa shape index (κ1) is 19.6. The number of rotatable bonds is 5. The lowest BCUT2D eigenvalue weighted by Gasteiger charge is -2.12. The maximum Gasteiger partial charge on any atom is 0.256 e. The Morgan fingerprint density at radius 1 is 1.13 bits per heavy atom. The molecule has 0 radical (unpaired) electrons. The Bertz CT molecular complexity index is 1240. The van der Waals surface area contributed by atoms with E-state index in [0.29, 0.717) is 16.9 Å². The van der Waals surface area contributed by atoms with Crippen molar-refractivity contribution in [2.75, 3.05) is 12.4 Å². The molecule has 30 heavy (non-hydrogen) atoms. The molecule has 0 aliphatic carbocycles. The monoisotopic (exact) mass is 400 g/mol. The van der Waals surface area contributed by atoms with E-state index in [0.717, 1.165) is 40.1 Å². The molecule has 2 heterocycles. The third kappa shape index (κ3) is 3.52. The van der Waals surface area contributed by atoms with Crippen LogP contribution in [0.3, 0.4) is 0 Å². The van der Waals surface area contributed by atoms with Gasteiger partial charge in [0, 0.05) is 18.3 Å². The van der Waals surface area contributed by atoms with Gasteiger partial charge in [0.1, 0.15) is 5.75 Å². The molecule has 4 rings (SSSR count). The molecule has 1 amide bonds. The first-order valence-electron chi connectivity index (χ1n) is 9.89. The van der Waals surface area contributed by atoms with Crippen LogP contribution >= 0.6 is 0 Å². The Hall–Kier alpha value is -3.67. The number of ether oxygens (including phenoxy) is 1. The minimum Gasteiger partial charge on any atom is -0.497 e. The maximum absolute atomic E-state index is 13.4. The highest BCUT2D eigenvalue weighted by Gasteiger charge is 2.20. The smallest absolute Gasteiger partial charge is 0.256 e. The molecular formula is C24H24N4O2. The topological polar surface area (TPSA) is 69.0 Å². The number of nitrogens with one attached hydrogen (secondary N) is 1. The van der Waals surface area contributed by atoms with Crippen molar-refractivity contribution in [3.63, 3.8) is 0 Å². The Morgan fingerprint density at radius 2 is 1.93 bits per heavy atom. The maximum atomic E-state index is 13.4. The second-order valence-corrected chi connectivity index (χ2v) is 7.16. The summed E-state index contributed by atoms with van der Waals surface area (Å²) in [5.41, 5.74) is 5.46. The summed E-state index contributed by atoms with van der Waals surface area (Å²) in [5.74, 6) is 0.557. The highest BCUT2D eigenvalue weighted by molar-refractivity contribution is 6.13. The zero-order valence-electron chi connectivity index (χ0n) is 17.6. The molecule has 2 aromatic carbocycles. The SMILES string of the molecule is CCc1ccccc1NC(=O)c1cc(-c2cccc(OC)c2)nc2c1c(C)nn2C. The molecule has 0 unspecified atom stereocenters. The summed E-state index contributed by atoms with van der Waals surface area (Å²) in [6, 6.07) is 17.3. The molecule has 2 aromatic heterocycles. The lowest BCUT2D eigenvalue weighted by molar-refractivity contribution is 0.102. The minimum atomic E-state index is -0.177. The largest absolute Gasteiger partial charge is 0.497 e. The molecule has 6 nitrogen and oxygen atoms in total. The van der Waals surface area contributed by atoms with Crippen molar-refractivity contribution in [1.29, 1.82) is 0 Å². The molecule has 0 atom stereocenters. The van der Waals surface area contributed by atoms with Crippen LogP contribution < -0.4 is 10.1 Å². The summed E-state index contributed by atoms with van der Waals surface area (Å²) >= 11 is 0. The van der Waals surface area contributed by atoms with Gasteiger partial charge in [0.15, 0.2) is 5.65 Å². The van der Waals surface area contributed by atoms with Gasteiger partial charge in [0.05, 0.1) is 29.4 Å². The fourth-order valence-corrected chi connectivity index (χ4v) is 3.69. The Balaban J connectivity index is 1.86. The summed E-state index contributed by atoms with van der Waals surface area (Å²) in [4.78, 5) is 18.2. The number of nitrogens with zero attached hydrogens (tertiary/aromatic N) is 3. The number of methoxy groups -OCH3 is 1. The number of pyridine rings is 1. The number of benzene rings is 2. The second-order valence-electron chi connectivity index (χ2n) is 7.16. The molecule has 0 fully saturated rings. The Morgan fingerprint density at radius 3 is 2.70 bits per heavy atom. The van der Waals surface area contributed by atoms with Gasteiger partial charge in [0.25, 0.3) is 5.91 Å². The van der Waals surface area contributed by atoms with Crippen LogP contribution in [0.2, 0.25) is 0 Å². The fraction of sp³-hybridized carbons (Fsp3) is 0.208. The number of aromatic nitrogens is 3. The van der Waals surface area contributed by atoms with Crippen molar-refractivity contribution in [3.05, 3.63) is 71.4 Å². The third-order valence-electron chi connectivity index (χ3n) is 5.23. The standard InChI is InChI=1S/C24H24N4O2/c1-5-16-9-6-7-12-20(16)26-24(29)19-14-21(17-10-8-11-18(13-17)30-4)25-23-22(19)15(2)27-28(23)3/h6-14H,5H2,1-4H3,(H,26,29). The van der Waals surface area contributed by atoms with Gasteiger partial charge < -0.3 is 10.1 Å². The van der Waals surface area contributed by atoms with Crippen LogP contribution in [0.15, 0.2) is 54.6 Å². The number of anilines is 1. The quantitative estimate of drug-likeness (QED) is 0.524. The van der Waals surface area contributed by atoms with E-state index in [4.69, 9.17) is 9.72 Å². The Labute approximate surface area is 175 Å². The highest BCUT2D eigenvalue weighted by atomic mass is 16.5. The van der Waals surface area contributed by atoms with Gasteiger partial charge in [-0.2, -0.15) is 5.10 Å². The van der Waals surface area contributed by atoms with E-state index in [9.17, 15) is 4.79 Å². The average Bonchev–Trinajstić information content (AvgIpc) is 3.07. The van der Waals surface area contributed by atoms with Gasteiger partial charge in [0.2, 0.25) is 0 Å². The van der Waals surface area contributed by atoms with E-state index in [1.54, 1.807) is 11.8 Å². The lowest BCUT2D eigenvalue weighted by atomic mass is 10.0. The molecule has 1 N–H and O–H groups in total. The normalized spacial score (nSPS) is 10.9. The predicted molar refractivity (Wildman–Crippen MR) is 119 cm³/mol. The van der Waals surface area contributed by atoms with Crippen LogP contribution in [0.5, 0.6) is 5.75 Å². The summed E-state index contributed by atoms with van der Waals surface area (Å²) < 4.78 is 7.06. The van der Waals surface area contributed by atoms with Crippen LogP contribution in [0, 0.1) is 6.92 Å². The second kappa shape index (κ2) is 7.99. The zero-order chi connectivity index (χ0) is 21.3. The van der Waals surface area contributed by atoms with Gasteiger partial charge in [-0.15, -0.1) is 0 Å². The number of carbonyl (C=O) groups is 1. The lowest BCUT2D eigenvalue weighted by Crippen LogP contribution is -2.14. The van der Waals surface area contributed by atoms with E-state index in [-0.39, 0.29) is 5.91 Å². The van der Waals surface area contributed by atoms with Gasteiger partial charge in [-0.05, 0) is 43.2 Å². The predicted octanol–water partition coefficient (Wildman–Crippen LogP) is 4.77. The number of amides is 1. The summed E-state index contributed by atoms with van der Waals surface area (Å²) in [6.45, 7) is 3.97. The molecule has 0 aliphatic heterocycles. The van der Waals surface area contributed by atoms with E-state index in [1.165, 1.54) is 0 Å². The van der Waals surface area contributed by atoms with E-state index >= 15 is 0 Å². The van der Waals surface area contributed by atoms with Crippen LogP contribution in [-0.4, -0.2) is 27.8 Å². The number of hydrogen-bond donors (Lipinski definition) is 1. The van der Waals surface area contributed by atoms with Crippen LogP contribution in [0.4, 0.5) is 5.69 Å². The van der Waals surface area contributed by atoms with Crippen LogP contribution in [-0.2, 0) is 13.5 Å². The molecule has 0 saturated heterocycles. The molecular weight excluding hydrogens is 376 g/mol. The van der Waals surface area contributed by atoms with Crippen LogP contribution in [0.1, 0.15) is 28.5 Å². The van der Waals surface area contributed by atoms with Gasteiger partial charge in [-0.25, -0.2) is 4.98 Å². The molecule has 152 valence electrons. The van der Waals surface area contributed by atoms with Crippen molar-refractivity contribution in [2.24, 2.45) is 7.05 Å². The zero-order valence-corrected chi connectivity index (χ0v) is 17.6. The number of hydrogen-bond acceptors (Lipinski definition) is 4. The molecule has 0 bridgehead atoms. The first-order chi connectivity index (χ1) is 14.5. The van der Waals surface area contributed by atoms with Crippen molar-refractivity contribution in [1.82, 2.24) is 14.8 Å². The summed E-state index contributed by atoms with van der Waals surface area (Å²) in [7, 11) is 3.47. The number of para-hydroxylation sites is 1. The van der Waals surface area contributed by atoms with E-state index in [2.05, 4.69) is 17.3 Å². The van der Waals surface area contributed by atoms with Crippen molar-refractivity contribution in [3.8, 4) is 17.0 Å². The number of carbonyl (C=O) groups excluding carboxylic acids is 1. The minimum absolute atomic E-state index is 0.177. The molecule has 6 heteroatoms. The highest BCUT2D eigenvalue weighted by Crippen LogP contribution is 2.29. The molecule has 0 saturated carbocycles. The van der Waals surface area contributed by atoms with E-state index in [1.807, 2.05) is 68.6 Å².